The molecule has 1 aliphatic rings. The van der Waals surface area contributed by atoms with Gasteiger partial charge in [-0.05, 0) is 36.6 Å². The Balaban J connectivity index is 1.88. The molecular formula is C15H14F2O4. The minimum Gasteiger partial charge on any atom is -0.451 e. The normalized spacial score (nSPS) is 18.4. The molecule has 4 nitrogen and oxygen atoms in total. The molecule has 0 bridgehead atoms. The van der Waals surface area contributed by atoms with E-state index in [1.54, 1.807) is 0 Å². The number of hydrogen-bond acceptors (Lipinski definition) is 4. The Morgan fingerprint density at radius 2 is 2.00 bits per heavy atom. The van der Waals surface area contributed by atoms with E-state index in [4.69, 9.17) is 4.74 Å². The molecule has 1 atom stereocenters. The van der Waals surface area contributed by atoms with Crippen LogP contribution in [-0.2, 0) is 14.3 Å². The Kier molecular flexibility index (Phi) is 5.03. The van der Waals surface area contributed by atoms with Gasteiger partial charge in [0.2, 0.25) is 0 Å². The van der Waals surface area contributed by atoms with Gasteiger partial charge in [-0.2, -0.15) is 8.78 Å². The monoisotopic (exact) mass is 296 g/mol. The molecule has 1 aromatic carbocycles. The second-order valence-corrected chi connectivity index (χ2v) is 4.56. The first kappa shape index (κ1) is 15.2. The van der Waals surface area contributed by atoms with E-state index in [2.05, 4.69) is 4.74 Å². The third-order valence-electron chi connectivity index (χ3n) is 3.02. The molecule has 0 heterocycles. The van der Waals surface area contributed by atoms with E-state index in [-0.39, 0.29) is 11.5 Å². The highest BCUT2D eigenvalue weighted by molar-refractivity contribution is 5.91. The van der Waals surface area contributed by atoms with Gasteiger partial charge in [0.05, 0.1) is 0 Å². The van der Waals surface area contributed by atoms with Gasteiger partial charge in [0.15, 0.2) is 11.9 Å². The minimum absolute atomic E-state index is 0.0429. The van der Waals surface area contributed by atoms with Crippen LogP contribution < -0.4 is 4.74 Å². The largest absolute Gasteiger partial charge is 0.451 e. The van der Waals surface area contributed by atoms with Crippen molar-refractivity contribution < 1.29 is 27.8 Å². The average molecular weight is 296 g/mol. The van der Waals surface area contributed by atoms with Gasteiger partial charge in [0, 0.05) is 12.5 Å². The highest BCUT2D eigenvalue weighted by Crippen LogP contribution is 2.18. The number of benzene rings is 1. The van der Waals surface area contributed by atoms with Crippen molar-refractivity contribution in [3.8, 4) is 5.75 Å². The van der Waals surface area contributed by atoms with E-state index in [0.29, 0.717) is 18.4 Å². The first-order valence-electron chi connectivity index (χ1n) is 6.51. The fourth-order valence-corrected chi connectivity index (χ4v) is 2.01. The van der Waals surface area contributed by atoms with Gasteiger partial charge in [-0.1, -0.05) is 12.1 Å². The molecule has 21 heavy (non-hydrogen) atoms. The number of ether oxygens (including phenoxy) is 2. The van der Waals surface area contributed by atoms with Crippen LogP contribution in [0, 0.1) is 0 Å². The van der Waals surface area contributed by atoms with Crippen LogP contribution in [0.15, 0.2) is 30.3 Å². The van der Waals surface area contributed by atoms with Crippen LogP contribution in [0.25, 0.3) is 6.08 Å². The van der Waals surface area contributed by atoms with Crippen LogP contribution in [0.5, 0.6) is 5.75 Å². The summed E-state index contributed by atoms with van der Waals surface area (Å²) in [5.41, 5.74) is 0.631. The number of rotatable bonds is 5. The molecule has 0 N–H and O–H groups in total. The fourth-order valence-electron chi connectivity index (χ4n) is 2.01. The van der Waals surface area contributed by atoms with Crippen molar-refractivity contribution in [2.45, 2.75) is 32.0 Å². The predicted molar refractivity (Wildman–Crippen MR) is 70.8 cm³/mol. The number of Topliss-reactive ketones (excluding diaryl/α,β-unsaturated/α-hetero) is 1. The minimum atomic E-state index is -2.87. The van der Waals surface area contributed by atoms with Crippen molar-refractivity contribution in [3.05, 3.63) is 35.9 Å². The lowest BCUT2D eigenvalue weighted by molar-refractivity contribution is -0.148. The third-order valence-corrected chi connectivity index (χ3v) is 3.02. The zero-order valence-electron chi connectivity index (χ0n) is 11.1. The third kappa shape index (κ3) is 4.66. The Labute approximate surface area is 120 Å². The Morgan fingerprint density at radius 3 is 2.57 bits per heavy atom. The molecular weight excluding hydrogens is 282 g/mol. The number of carbonyl (C=O) groups excluding carboxylic acids is 2. The lowest BCUT2D eigenvalue weighted by Crippen LogP contribution is -2.20. The predicted octanol–water partition coefficient (Wildman–Crippen LogP) is 2.97. The maximum Gasteiger partial charge on any atom is 0.387 e. The van der Waals surface area contributed by atoms with Gasteiger partial charge in [-0.3, -0.25) is 4.79 Å². The van der Waals surface area contributed by atoms with Crippen LogP contribution in [-0.4, -0.2) is 24.5 Å². The van der Waals surface area contributed by atoms with E-state index in [1.165, 1.54) is 36.4 Å². The summed E-state index contributed by atoms with van der Waals surface area (Å²) in [4.78, 5) is 22.9. The highest BCUT2D eigenvalue weighted by atomic mass is 19.3. The lowest BCUT2D eigenvalue weighted by Gasteiger charge is -2.07. The van der Waals surface area contributed by atoms with E-state index >= 15 is 0 Å². The van der Waals surface area contributed by atoms with Crippen LogP contribution in [0.1, 0.15) is 24.8 Å². The summed E-state index contributed by atoms with van der Waals surface area (Å²) >= 11 is 0. The second kappa shape index (κ2) is 6.97. The van der Waals surface area contributed by atoms with E-state index < -0.39 is 18.7 Å². The first-order valence-corrected chi connectivity index (χ1v) is 6.51. The lowest BCUT2D eigenvalue weighted by atomic mass is 10.2. The number of esters is 1. The average Bonchev–Trinajstić information content (AvgIpc) is 2.83. The first-order chi connectivity index (χ1) is 10.0. The molecule has 1 fully saturated rings. The summed E-state index contributed by atoms with van der Waals surface area (Å²) in [6.07, 6.45) is 3.81. The molecule has 1 aromatic rings. The second-order valence-electron chi connectivity index (χ2n) is 4.56. The smallest absolute Gasteiger partial charge is 0.387 e. The molecule has 0 radical (unpaired) electrons. The molecule has 0 spiro atoms. The van der Waals surface area contributed by atoms with Crippen molar-refractivity contribution in [2.24, 2.45) is 0 Å². The molecule has 0 aliphatic heterocycles. The summed E-state index contributed by atoms with van der Waals surface area (Å²) in [7, 11) is 0. The van der Waals surface area contributed by atoms with Crippen LogP contribution in [0.3, 0.4) is 0 Å². The maximum atomic E-state index is 12.0. The molecule has 0 aromatic heterocycles. The van der Waals surface area contributed by atoms with Gasteiger partial charge in [-0.15, -0.1) is 0 Å². The SMILES string of the molecule is O=C(/C=C/c1ccc(OC(F)F)cc1)O[C@H]1CCCC1=O. The van der Waals surface area contributed by atoms with Crippen LogP contribution in [0.4, 0.5) is 8.78 Å². The Hall–Kier alpha value is -2.24. The summed E-state index contributed by atoms with van der Waals surface area (Å²) in [5.74, 6) is -0.602. The summed E-state index contributed by atoms with van der Waals surface area (Å²) in [5, 5.41) is 0. The zero-order chi connectivity index (χ0) is 15.2. The van der Waals surface area contributed by atoms with Crippen molar-refractivity contribution in [1.82, 2.24) is 0 Å². The molecule has 0 amide bonds. The maximum absolute atomic E-state index is 12.0. The molecule has 1 aliphatic carbocycles. The van der Waals surface area contributed by atoms with Gasteiger partial charge in [0.25, 0.3) is 0 Å². The molecule has 0 saturated heterocycles. The number of carbonyl (C=O) groups is 2. The van der Waals surface area contributed by atoms with Crippen molar-refractivity contribution >= 4 is 17.8 Å². The van der Waals surface area contributed by atoms with Crippen LogP contribution >= 0.6 is 0 Å². The van der Waals surface area contributed by atoms with Gasteiger partial charge < -0.3 is 9.47 Å². The van der Waals surface area contributed by atoms with Crippen molar-refractivity contribution in [2.75, 3.05) is 0 Å². The number of alkyl halides is 2. The van der Waals surface area contributed by atoms with E-state index in [1.807, 2.05) is 0 Å². The Morgan fingerprint density at radius 1 is 1.29 bits per heavy atom. The molecule has 6 heteroatoms. The molecule has 1 saturated carbocycles. The van der Waals surface area contributed by atoms with Gasteiger partial charge in [0.1, 0.15) is 5.75 Å². The van der Waals surface area contributed by atoms with Crippen molar-refractivity contribution in [3.63, 3.8) is 0 Å². The quantitative estimate of drug-likeness (QED) is 0.619. The highest BCUT2D eigenvalue weighted by Gasteiger charge is 2.27. The van der Waals surface area contributed by atoms with Gasteiger partial charge in [-0.25, -0.2) is 4.79 Å². The number of hydrogen-bond donors (Lipinski definition) is 0. The topological polar surface area (TPSA) is 52.6 Å². The van der Waals surface area contributed by atoms with Crippen molar-refractivity contribution in [1.29, 1.82) is 0 Å². The van der Waals surface area contributed by atoms with E-state index in [0.717, 1.165) is 6.42 Å². The van der Waals surface area contributed by atoms with Gasteiger partial charge >= 0.3 is 12.6 Å². The zero-order valence-corrected chi connectivity index (χ0v) is 11.1. The Bertz CT molecular complexity index is 537. The summed E-state index contributed by atoms with van der Waals surface area (Å²) < 4.78 is 33.2. The fraction of sp³-hybridized carbons (Fsp3) is 0.333. The standard InChI is InChI=1S/C15H14F2O4/c16-15(17)20-11-7-4-10(5-8-11)6-9-14(19)21-13-3-1-2-12(13)18/h4-9,13,15H,1-3H2/b9-6+/t13-/m0/s1. The molecule has 0 unspecified atom stereocenters. The number of halogens is 2. The molecule has 2 rings (SSSR count). The summed E-state index contributed by atoms with van der Waals surface area (Å²) in [6, 6.07) is 5.81. The summed E-state index contributed by atoms with van der Waals surface area (Å²) in [6.45, 7) is -2.87. The number of ketones is 1. The molecule has 112 valence electrons. The van der Waals surface area contributed by atoms with E-state index in [9.17, 15) is 18.4 Å². The van der Waals surface area contributed by atoms with Crippen LogP contribution in [0.2, 0.25) is 0 Å².